The minimum absolute atomic E-state index is 0.368. The predicted octanol–water partition coefficient (Wildman–Crippen LogP) is 2.39. The van der Waals surface area contributed by atoms with Crippen LogP contribution in [0.2, 0.25) is 0 Å². The van der Waals surface area contributed by atoms with Crippen LogP contribution in [0.4, 0.5) is 19.0 Å². The average molecular weight is 256 g/mol. The Morgan fingerprint density at radius 1 is 1.28 bits per heavy atom. The number of aromatic nitrogens is 3. The van der Waals surface area contributed by atoms with E-state index < -0.39 is 11.7 Å². The zero-order chi connectivity index (χ0) is 13.5. The van der Waals surface area contributed by atoms with Crippen molar-refractivity contribution in [2.75, 3.05) is 5.73 Å². The Morgan fingerprint density at radius 3 is 2.33 bits per heavy atom. The normalized spacial score (nSPS) is 11.8. The van der Waals surface area contributed by atoms with Gasteiger partial charge in [0.2, 0.25) is 0 Å². The molecule has 2 N–H and O–H groups in total. The number of nitrogens with zero attached hydrogens (tertiary/aromatic N) is 3. The van der Waals surface area contributed by atoms with E-state index in [2.05, 4.69) is 10.1 Å². The topological polar surface area (TPSA) is 56.7 Å². The highest BCUT2D eigenvalue weighted by Crippen LogP contribution is 2.30. The first kappa shape index (κ1) is 12.4. The molecule has 0 saturated carbocycles. The third kappa shape index (κ3) is 2.03. The second-order valence-corrected chi connectivity index (χ2v) is 3.91. The van der Waals surface area contributed by atoms with Crippen molar-refractivity contribution in [2.45, 2.75) is 13.1 Å². The van der Waals surface area contributed by atoms with Crippen molar-refractivity contribution >= 4 is 5.82 Å². The molecule has 2 rings (SSSR count). The number of anilines is 1. The van der Waals surface area contributed by atoms with E-state index in [9.17, 15) is 13.2 Å². The van der Waals surface area contributed by atoms with Crippen LogP contribution < -0.4 is 5.73 Å². The number of hydrogen-bond donors (Lipinski definition) is 1. The van der Waals surface area contributed by atoms with Crippen LogP contribution in [0.3, 0.4) is 0 Å². The van der Waals surface area contributed by atoms with Gasteiger partial charge in [0.05, 0.1) is 11.3 Å². The minimum Gasteiger partial charge on any atom is -0.384 e. The van der Waals surface area contributed by atoms with Gasteiger partial charge in [-0.2, -0.15) is 18.3 Å². The molecule has 0 aromatic carbocycles. The quantitative estimate of drug-likeness (QED) is 0.852. The molecular formula is C11H11F3N4. The van der Waals surface area contributed by atoms with Gasteiger partial charge in [0.15, 0.2) is 0 Å². The molecule has 7 heteroatoms. The molecule has 0 spiro atoms. The highest BCUT2D eigenvalue weighted by atomic mass is 19.4. The van der Waals surface area contributed by atoms with Gasteiger partial charge in [-0.1, -0.05) is 0 Å². The standard InChI is InChI=1S/C11H11F3N4/c1-6-9(17-18(2)10(6)15)8-4-3-7(5-16-8)11(12,13)14/h3-5H,15H2,1-2H3. The summed E-state index contributed by atoms with van der Waals surface area (Å²) >= 11 is 0. The Kier molecular flexibility index (Phi) is 2.76. The second-order valence-electron chi connectivity index (χ2n) is 3.91. The molecule has 0 aliphatic heterocycles. The van der Waals surface area contributed by atoms with E-state index in [1.807, 2.05) is 0 Å². The Balaban J connectivity index is 2.44. The molecule has 0 atom stereocenters. The fraction of sp³-hybridized carbons (Fsp3) is 0.273. The monoisotopic (exact) mass is 256 g/mol. The highest BCUT2D eigenvalue weighted by Gasteiger charge is 2.30. The molecule has 0 saturated heterocycles. The summed E-state index contributed by atoms with van der Waals surface area (Å²) in [6.07, 6.45) is -3.59. The van der Waals surface area contributed by atoms with Gasteiger partial charge in [-0.25, -0.2) is 0 Å². The van der Waals surface area contributed by atoms with Gasteiger partial charge < -0.3 is 5.73 Å². The molecular weight excluding hydrogens is 245 g/mol. The van der Waals surface area contributed by atoms with E-state index in [0.717, 1.165) is 12.3 Å². The summed E-state index contributed by atoms with van der Waals surface area (Å²) in [6.45, 7) is 1.75. The molecule has 0 bridgehead atoms. The predicted molar refractivity (Wildman–Crippen MR) is 60.6 cm³/mol. The Morgan fingerprint density at radius 2 is 1.94 bits per heavy atom. The highest BCUT2D eigenvalue weighted by molar-refractivity contribution is 5.64. The number of hydrogen-bond acceptors (Lipinski definition) is 3. The van der Waals surface area contributed by atoms with Crippen molar-refractivity contribution in [1.29, 1.82) is 0 Å². The molecule has 96 valence electrons. The Hall–Kier alpha value is -2.05. The summed E-state index contributed by atoms with van der Waals surface area (Å²) in [4.78, 5) is 3.78. The van der Waals surface area contributed by atoms with Crippen LogP contribution in [-0.2, 0) is 13.2 Å². The van der Waals surface area contributed by atoms with E-state index in [1.165, 1.54) is 10.7 Å². The maximum atomic E-state index is 12.4. The fourth-order valence-electron chi connectivity index (χ4n) is 1.59. The number of alkyl halides is 3. The maximum absolute atomic E-state index is 12.4. The first-order valence-electron chi connectivity index (χ1n) is 5.13. The minimum atomic E-state index is -4.39. The molecule has 2 aromatic rings. The molecule has 0 unspecified atom stereocenters. The van der Waals surface area contributed by atoms with Crippen molar-refractivity contribution in [2.24, 2.45) is 7.05 Å². The van der Waals surface area contributed by atoms with Gasteiger partial charge in [-0.3, -0.25) is 9.67 Å². The lowest BCUT2D eigenvalue weighted by Crippen LogP contribution is -2.05. The van der Waals surface area contributed by atoms with Crippen molar-refractivity contribution in [3.05, 3.63) is 29.5 Å². The van der Waals surface area contributed by atoms with Gasteiger partial charge in [0.25, 0.3) is 0 Å². The number of halogens is 3. The van der Waals surface area contributed by atoms with Crippen LogP contribution >= 0.6 is 0 Å². The lowest BCUT2D eigenvalue weighted by atomic mass is 10.1. The average Bonchev–Trinajstić information content (AvgIpc) is 2.56. The van der Waals surface area contributed by atoms with E-state index >= 15 is 0 Å². The first-order chi connectivity index (χ1) is 8.30. The van der Waals surface area contributed by atoms with Gasteiger partial charge in [0.1, 0.15) is 11.5 Å². The number of aryl methyl sites for hydroxylation is 1. The molecule has 0 aliphatic carbocycles. The molecule has 2 heterocycles. The smallest absolute Gasteiger partial charge is 0.384 e. The van der Waals surface area contributed by atoms with Crippen LogP contribution in [0.1, 0.15) is 11.1 Å². The summed E-state index contributed by atoms with van der Waals surface area (Å²) in [5.74, 6) is 0.465. The largest absolute Gasteiger partial charge is 0.417 e. The molecule has 4 nitrogen and oxygen atoms in total. The number of nitrogens with two attached hydrogens (primary N) is 1. The number of nitrogen functional groups attached to an aromatic ring is 1. The Bertz CT molecular complexity index is 569. The SMILES string of the molecule is Cc1c(-c2ccc(C(F)(F)F)cn2)nn(C)c1N. The zero-order valence-electron chi connectivity index (χ0n) is 9.78. The summed E-state index contributed by atoms with van der Waals surface area (Å²) < 4.78 is 38.6. The van der Waals surface area contributed by atoms with Crippen molar-refractivity contribution in [3.63, 3.8) is 0 Å². The Labute approximate surface area is 101 Å². The maximum Gasteiger partial charge on any atom is 0.417 e. The summed E-state index contributed by atoms with van der Waals surface area (Å²) in [5, 5.41) is 4.12. The molecule has 2 aromatic heterocycles. The third-order valence-corrected chi connectivity index (χ3v) is 2.67. The van der Waals surface area contributed by atoms with E-state index in [1.54, 1.807) is 14.0 Å². The molecule has 0 fully saturated rings. The van der Waals surface area contributed by atoms with Crippen molar-refractivity contribution in [3.8, 4) is 11.4 Å². The van der Waals surface area contributed by atoms with Crippen molar-refractivity contribution in [1.82, 2.24) is 14.8 Å². The zero-order valence-corrected chi connectivity index (χ0v) is 9.78. The summed E-state index contributed by atoms with van der Waals surface area (Å²) in [5.41, 5.74) is 6.50. The van der Waals surface area contributed by atoms with Gasteiger partial charge in [0, 0.05) is 18.8 Å². The first-order valence-corrected chi connectivity index (χ1v) is 5.13. The van der Waals surface area contributed by atoms with Crippen LogP contribution in [0.15, 0.2) is 18.3 Å². The van der Waals surface area contributed by atoms with Crippen LogP contribution in [-0.4, -0.2) is 14.8 Å². The lowest BCUT2D eigenvalue weighted by molar-refractivity contribution is -0.137. The van der Waals surface area contributed by atoms with Gasteiger partial charge >= 0.3 is 6.18 Å². The lowest BCUT2D eigenvalue weighted by Gasteiger charge is -2.06. The fourth-order valence-corrected chi connectivity index (χ4v) is 1.59. The van der Waals surface area contributed by atoms with Gasteiger partial charge in [-0.05, 0) is 19.1 Å². The van der Waals surface area contributed by atoms with E-state index in [0.29, 0.717) is 22.8 Å². The molecule has 0 amide bonds. The third-order valence-electron chi connectivity index (χ3n) is 2.67. The van der Waals surface area contributed by atoms with Crippen LogP contribution in [0.5, 0.6) is 0 Å². The van der Waals surface area contributed by atoms with E-state index in [4.69, 9.17) is 5.73 Å². The number of rotatable bonds is 1. The molecule has 18 heavy (non-hydrogen) atoms. The molecule has 0 radical (unpaired) electrons. The molecule has 0 aliphatic rings. The van der Waals surface area contributed by atoms with E-state index in [-0.39, 0.29) is 0 Å². The second kappa shape index (κ2) is 4.01. The summed E-state index contributed by atoms with van der Waals surface area (Å²) in [6, 6.07) is 2.27. The summed E-state index contributed by atoms with van der Waals surface area (Å²) in [7, 11) is 1.66. The van der Waals surface area contributed by atoms with Crippen molar-refractivity contribution < 1.29 is 13.2 Å². The van der Waals surface area contributed by atoms with Crippen LogP contribution in [0.25, 0.3) is 11.4 Å². The van der Waals surface area contributed by atoms with Crippen LogP contribution in [0, 0.1) is 6.92 Å². The van der Waals surface area contributed by atoms with Gasteiger partial charge in [-0.15, -0.1) is 0 Å². The number of pyridine rings is 1.